The molecule has 0 aromatic heterocycles. The Kier molecular flexibility index (Phi) is 6.85. The van der Waals surface area contributed by atoms with Crippen LogP contribution in [0.4, 0.5) is 5.69 Å². The maximum Gasteiger partial charge on any atom is 0.261 e. The third kappa shape index (κ3) is 5.68. The van der Waals surface area contributed by atoms with Gasteiger partial charge in [-0.2, -0.15) is 0 Å². The highest BCUT2D eigenvalue weighted by Gasteiger charge is 2.22. The highest BCUT2D eigenvalue weighted by molar-refractivity contribution is 6.00. The van der Waals surface area contributed by atoms with Crippen LogP contribution in [0.2, 0.25) is 0 Å². The van der Waals surface area contributed by atoms with E-state index >= 15 is 0 Å². The van der Waals surface area contributed by atoms with Gasteiger partial charge in [0.1, 0.15) is 11.8 Å². The number of methoxy groups -OCH3 is 1. The molecule has 0 saturated carbocycles. The van der Waals surface area contributed by atoms with Crippen LogP contribution in [0.25, 0.3) is 10.8 Å². The minimum atomic E-state index is -0.784. The number of nitrogens with one attached hydrogen (secondary N) is 3. The SMILES string of the molecule is COc1ccc(CC(NC(=O)c2ccc3ccccc3c2)C(=O)NNc2ccccc2)cc1. The Morgan fingerprint density at radius 1 is 0.818 bits per heavy atom. The molecule has 0 fully saturated rings. The maximum absolute atomic E-state index is 13.0. The lowest BCUT2D eigenvalue weighted by Gasteiger charge is -2.20. The number of carbonyl (C=O) groups excluding carboxylic acids is 2. The number of para-hydroxylation sites is 1. The summed E-state index contributed by atoms with van der Waals surface area (Å²) in [7, 11) is 1.60. The molecule has 0 bridgehead atoms. The summed E-state index contributed by atoms with van der Waals surface area (Å²) >= 11 is 0. The van der Waals surface area contributed by atoms with Crippen LogP contribution in [0, 0.1) is 0 Å². The minimum absolute atomic E-state index is 0.311. The van der Waals surface area contributed by atoms with E-state index in [9.17, 15) is 9.59 Å². The van der Waals surface area contributed by atoms with Crippen molar-refractivity contribution >= 4 is 28.3 Å². The molecular formula is C27H25N3O3. The van der Waals surface area contributed by atoms with Crippen molar-refractivity contribution in [3.8, 4) is 5.75 Å². The van der Waals surface area contributed by atoms with Gasteiger partial charge < -0.3 is 10.1 Å². The lowest BCUT2D eigenvalue weighted by molar-refractivity contribution is -0.122. The van der Waals surface area contributed by atoms with E-state index in [2.05, 4.69) is 16.2 Å². The summed E-state index contributed by atoms with van der Waals surface area (Å²) in [6, 6.07) is 29.3. The van der Waals surface area contributed by atoms with Gasteiger partial charge in [0.25, 0.3) is 11.8 Å². The predicted molar refractivity (Wildman–Crippen MR) is 130 cm³/mol. The second-order valence-corrected chi connectivity index (χ2v) is 7.62. The van der Waals surface area contributed by atoms with E-state index < -0.39 is 6.04 Å². The zero-order chi connectivity index (χ0) is 23.0. The van der Waals surface area contributed by atoms with Crippen molar-refractivity contribution in [1.29, 1.82) is 0 Å². The molecule has 0 radical (unpaired) electrons. The molecule has 33 heavy (non-hydrogen) atoms. The number of benzene rings is 4. The number of hydrogen-bond acceptors (Lipinski definition) is 4. The standard InChI is InChI=1S/C27H25N3O3/c1-33-24-15-11-19(12-16-24)17-25(27(32)30-29-23-9-3-2-4-10-23)28-26(31)22-14-13-20-7-5-6-8-21(20)18-22/h2-16,18,25,29H,17H2,1H3,(H,28,31)(H,30,32). The van der Waals surface area contributed by atoms with E-state index in [1.54, 1.807) is 13.2 Å². The van der Waals surface area contributed by atoms with E-state index in [1.807, 2.05) is 91.0 Å². The summed E-state index contributed by atoms with van der Waals surface area (Å²) in [6.07, 6.45) is 0.325. The number of hydrazine groups is 1. The Balaban J connectivity index is 1.51. The molecule has 6 heteroatoms. The fourth-order valence-corrected chi connectivity index (χ4v) is 3.52. The molecule has 3 N–H and O–H groups in total. The first-order valence-electron chi connectivity index (χ1n) is 10.7. The number of amides is 2. The van der Waals surface area contributed by atoms with Crippen molar-refractivity contribution < 1.29 is 14.3 Å². The van der Waals surface area contributed by atoms with Gasteiger partial charge in [0.2, 0.25) is 0 Å². The zero-order valence-corrected chi connectivity index (χ0v) is 18.2. The van der Waals surface area contributed by atoms with Crippen LogP contribution in [0.3, 0.4) is 0 Å². The molecule has 0 aliphatic carbocycles. The van der Waals surface area contributed by atoms with E-state index in [4.69, 9.17) is 4.74 Å². The normalized spacial score (nSPS) is 11.4. The summed E-state index contributed by atoms with van der Waals surface area (Å²) < 4.78 is 5.21. The summed E-state index contributed by atoms with van der Waals surface area (Å²) in [4.78, 5) is 26.0. The molecule has 4 aromatic carbocycles. The summed E-state index contributed by atoms with van der Waals surface area (Å²) in [5.41, 5.74) is 7.74. The van der Waals surface area contributed by atoms with E-state index in [0.29, 0.717) is 12.0 Å². The quantitative estimate of drug-likeness (QED) is 0.357. The van der Waals surface area contributed by atoms with Gasteiger partial charge in [-0.25, -0.2) is 0 Å². The first-order chi connectivity index (χ1) is 16.1. The van der Waals surface area contributed by atoms with Crippen LogP contribution in [0.15, 0.2) is 97.1 Å². The van der Waals surface area contributed by atoms with Gasteiger partial charge >= 0.3 is 0 Å². The Morgan fingerprint density at radius 2 is 1.52 bits per heavy atom. The van der Waals surface area contributed by atoms with Crippen LogP contribution in [-0.2, 0) is 11.2 Å². The fourth-order valence-electron chi connectivity index (χ4n) is 3.52. The van der Waals surface area contributed by atoms with Crippen molar-refractivity contribution in [3.63, 3.8) is 0 Å². The molecule has 4 aromatic rings. The molecule has 0 aliphatic rings. The number of fused-ring (bicyclic) bond motifs is 1. The van der Waals surface area contributed by atoms with Crippen LogP contribution in [0.1, 0.15) is 15.9 Å². The molecule has 0 saturated heterocycles. The van der Waals surface area contributed by atoms with Gasteiger partial charge in [0, 0.05) is 12.0 Å². The zero-order valence-electron chi connectivity index (χ0n) is 18.2. The van der Waals surface area contributed by atoms with Crippen molar-refractivity contribution in [2.45, 2.75) is 12.5 Å². The number of rotatable bonds is 8. The molecule has 1 atom stereocenters. The molecule has 4 rings (SSSR count). The van der Waals surface area contributed by atoms with E-state index in [0.717, 1.165) is 27.8 Å². The van der Waals surface area contributed by atoms with Crippen molar-refractivity contribution in [2.75, 3.05) is 12.5 Å². The lowest BCUT2D eigenvalue weighted by Crippen LogP contribution is -2.49. The average molecular weight is 440 g/mol. The molecule has 0 heterocycles. The average Bonchev–Trinajstić information content (AvgIpc) is 2.87. The summed E-state index contributed by atoms with van der Waals surface area (Å²) in [6.45, 7) is 0. The van der Waals surface area contributed by atoms with Crippen LogP contribution in [-0.4, -0.2) is 25.0 Å². The lowest BCUT2D eigenvalue weighted by atomic mass is 10.0. The topological polar surface area (TPSA) is 79.5 Å². The van der Waals surface area contributed by atoms with Crippen LogP contribution >= 0.6 is 0 Å². The molecule has 1 unspecified atom stereocenters. The van der Waals surface area contributed by atoms with Crippen molar-refractivity contribution in [2.24, 2.45) is 0 Å². The van der Waals surface area contributed by atoms with Crippen LogP contribution in [0.5, 0.6) is 5.75 Å². The third-order valence-corrected chi connectivity index (χ3v) is 5.34. The van der Waals surface area contributed by atoms with Gasteiger partial charge in [-0.15, -0.1) is 0 Å². The van der Waals surface area contributed by atoms with E-state index in [1.165, 1.54) is 0 Å². The van der Waals surface area contributed by atoms with E-state index in [-0.39, 0.29) is 11.8 Å². The molecule has 0 spiro atoms. The number of hydrogen-bond donors (Lipinski definition) is 3. The highest BCUT2D eigenvalue weighted by Crippen LogP contribution is 2.17. The Bertz CT molecular complexity index is 1240. The van der Waals surface area contributed by atoms with Gasteiger partial charge in [-0.05, 0) is 52.7 Å². The number of anilines is 1. The Hall–Kier alpha value is -4.32. The van der Waals surface area contributed by atoms with Gasteiger partial charge in [0.15, 0.2) is 0 Å². The largest absolute Gasteiger partial charge is 0.497 e. The third-order valence-electron chi connectivity index (χ3n) is 5.34. The van der Waals surface area contributed by atoms with Gasteiger partial charge in [-0.1, -0.05) is 60.7 Å². The predicted octanol–water partition coefficient (Wildman–Crippen LogP) is 4.33. The first-order valence-corrected chi connectivity index (χ1v) is 10.7. The maximum atomic E-state index is 13.0. The molecule has 0 aliphatic heterocycles. The van der Waals surface area contributed by atoms with Crippen LogP contribution < -0.4 is 20.9 Å². The fraction of sp³-hybridized carbons (Fsp3) is 0.111. The molecule has 2 amide bonds. The second-order valence-electron chi connectivity index (χ2n) is 7.62. The molecule has 166 valence electrons. The second kappa shape index (κ2) is 10.3. The minimum Gasteiger partial charge on any atom is -0.497 e. The Morgan fingerprint density at radius 3 is 2.24 bits per heavy atom. The molecule has 6 nitrogen and oxygen atoms in total. The summed E-state index contributed by atoms with van der Waals surface area (Å²) in [5.74, 6) is 0.0728. The smallest absolute Gasteiger partial charge is 0.261 e. The monoisotopic (exact) mass is 439 g/mol. The number of carbonyl (C=O) groups is 2. The number of ether oxygens (including phenoxy) is 1. The molecular weight excluding hydrogens is 414 g/mol. The summed E-state index contributed by atoms with van der Waals surface area (Å²) in [5, 5.41) is 4.90. The van der Waals surface area contributed by atoms with Crippen molar-refractivity contribution in [1.82, 2.24) is 10.7 Å². The Labute approximate surface area is 192 Å². The first kappa shape index (κ1) is 21.9. The van der Waals surface area contributed by atoms with Gasteiger partial charge in [-0.3, -0.25) is 20.4 Å². The van der Waals surface area contributed by atoms with Crippen molar-refractivity contribution in [3.05, 3.63) is 108 Å². The van der Waals surface area contributed by atoms with Gasteiger partial charge in [0.05, 0.1) is 12.8 Å². The highest BCUT2D eigenvalue weighted by atomic mass is 16.5.